The third kappa shape index (κ3) is 3.45. The molecule has 0 radical (unpaired) electrons. The molecule has 0 spiro atoms. The number of ether oxygens (including phenoxy) is 2. The summed E-state index contributed by atoms with van der Waals surface area (Å²) in [4.78, 5) is 50.2. The maximum atomic E-state index is 12.9. The minimum absolute atomic E-state index is 0.0975. The summed E-state index contributed by atoms with van der Waals surface area (Å²) in [6.45, 7) is -0.281. The summed E-state index contributed by atoms with van der Waals surface area (Å²) in [5.41, 5.74) is 9.11. The van der Waals surface area contributed by atoms with E-state index in [0.29, 0.717) is 5.57 Å². The van der Waals surface area contributed by atoms with Gasteiger partial charge in [0.25, 0.3) is 11.6 Å². The number of hydrogen-bond donors (Lipinski definition) is 3. The molecule has 0 bridgehead atoms. The second-order valence-corrected chi connectivity index (χ2v) is 8.04. The van der Waals surface area contributed by atoms with Crippen LogP contribution < -0.4 is 16.8 Å². The average molecular weight is 426 g/mol. The van der Waals surface area contributed by atoms with Crippen LogP contribution >= 0.6 is 23.1 Å². The molecule has 1 aromatic heterocycles. The van der Waals surface area contributed by atoms with Gasteiger partial charge in [-0.2, -0.15) is 0 Å². The van der Waals surface area contributed by atoms with Crippen molar-refractivity contribution in [3.8, 4) is 0 Å². The van der Waals surface area contributed by atoms with Crippen molar-refractivity contribution < 1.29 is 28.7 Å². The lowest BCUT2D eigenvalue weighted by Gasteiger charge is -2.57. The van der Waals surface area contributed by atoms with Crippen LogP contribution in [0.1, 0.15) is 4.88 Å². The highest BCUT2D eigenvalue weighted by molar-refractivity contribution is 8.03. The number of β-lactam (4-membered cyclic amide) rings is 1. The van der Waals surface area contributed by atoms with Crippen LogP contribution in [0.15, 0.2) is 28.5 Å². The first-order valence-corrected chi connectivity index (χ1v) is 9.89. The van der Waals surface area contributed by atoms with E-state index in [0.717, 1.165) is 16.6 Å². The molecule has 1 fully saturated rings. The Morgan fingerprint density at radius 1 is 1.36 bits per heavy atom. The SMILES string of the molecule is CO[C@@]1(NC(=O)Cc2cccs2)C(=O)N2C(C(N)=O)C(COC(N)=O)=CS[C@@H]21. The van der Waals surface area contributed by atoms with E-state index in [1.54, 1.807) is 5.41 Å². The van der Waals surface area contributed by atoms with E-state index in [-0.39, 0.29) is 18.9 Å². The largest absolute Gasteiger partial charge is 0.445 e. The second-order valence-electron chi connectivity index (χ2n) is 6.05. The Kier molecular flexibility index (Phi) is 5.63. The summed E-state index contributed by atoms with van der Waals surface area (Å²) in [6.07, 6.45) is -0.918. The lowest BCUT2D eigenvalue weighted by molar-refractivity contribution is -0.199. The zero-order valence-electron chi connectivity index (χ0n) is 14.7. The first-order valence-electron chi connectivity index (χ1n) is 8.07. The van der Waals surface area contributed by atoms with Gasteiger partial charge in [0.1, 0.15) is 18.0 Å². The van der Waals surface area contributed by atoms with Gasteiger partial charge in [-0.3, -0.25) is 14.4 Å². The summed E-state index contributed by atoms with van der Waals surface area (Å²) in [5, 5.41) is 5.34. The number of rotatable bonds is 7. The average Bonchev–Trinajstić information content (AvgIpc) is 3.15. The molecule has 2 aliphatic heterocycles. The molecule has 0 saturated carbocycles. The zero-order chi connectivity index (χ0) is 20.5. The van der Waals surface area contributed by atoms with Crippen LogP contribution in [0.2, 0.25) is 0 Å². The van der Waals surface area contributed by atoms with Crippen LogP contribution in [0.25, 0.3) is 0 Å². The van der Waals surface area contributed by atoms with Crippen molar-refractivity contribution >= 4 is 46.9 Å². The Morgan fingerprint density at radius 3 is 2.68 bits per heavy atom. The number of amides is 4. The second kappa shape index (κ2) is 7.81. The fraction of sp³-hybridized carbons (Fsp3) is 0.375. The van der Waals surface area contributed by atoms with Crippen molar-refractivity contribution in [2.45, 2.75) is 23.6 Å². The number of hydrogen-bond acceptors (Lipinski definition) is 8. The van der Waals surface area contributed by atoms with Crippen LogP contribution in [0.4, 0.5) is 4.79 Å². The third-order valence-electron chi connectivity index (χ3n) is 4.34. The first-order chi connectivity index (χ1) is 13.3. The Morgan fingerprint density at radius 2 is 2.11 bits per heavy atom. The van der Waals surface area contributed by atoms with Gasteiger partial charge in [0, 0.05) is 17.6 Å². The van der Waals surface area contributed by atoms with Crippen molar-refractivity contribution in [1.29, 1.82) is 0 Å². The molecule has 3 atom stereocenters. The van der Waals surface area contributed by atoms with Crippen molar-refractivity contribution in [3.05, 3.63) is 33.4 Å². The van der Waals surface area contributed by atoms with Gasteiger partial charge in [0.05, 0.1) is 6.42 Å². The quantitative estimate of drug-likeness (QED) is 0.392. The van der Waals surface area contributed by atoms with E-state index in [1.807, 2.05) is 17.5 Å². The molecule has 0 aromatic carbocycles. The van der Waals surface area contributed by atoms with E-state index in [4.69, 9.17) is 20.9 Å². The standard InChI is InChI=1S/C16H18N4O6S2/c1-25-16(19-10(21)5-9-3-2-4-27-9)13(23)20-11(12(17)22)8(6-26-15(18)24)7-28-14(16)20/h2-4,7,11,14H,5-6H2,1H3,(H2,17,22)(H2,18,24)(H,19,21)/t11?,14-,16+/m1/s1. The molecule has 5 N–H and O–H groups in total. The summed E-state index contributed by atoms with van der Waals surface area (Å²) < 4.78 is 10.1. The van der Waals surface area contributed by atoms with E-state index >= 15 is 0 Å². The van der Waals surface area contributed by atoms with Gasteiger partial charge in [0.15, 0.2) is 0 Å². The number of methoxy groups -OCH3 is 1. The smallest absolute Gasteiger partial charge is 0.404 e. The Labute approximate surface area is 168 Å². The molecule has 1 unspecified atom stereocenters. The number of nitrogens with one attached hydrogen (secondary N) is 1. The highest BCUT2D eigenvalue weighted by atomic mass is 32.2. The van der Waals surface area contributed by atoms with Crippen molar-refractivity contribution in [2.24, 2.45) is 11.5 Å². The molecule has 3 rings (SSSR count). The molecule has 10 nitrogen and oxygen atoms in total. The maximum absolute atomic E-state index is 12.9. The summed E-state index contributed by atoms with van der Waals surface area (Å²) in [6, 6.07) is 2.51. The lowest BCUT2D eigenvalue weighted by Crippen LogP contribution is -2.83. The molecular weight excluding hydrogens is 408 g/mol. The van der Waals surface area contributed by atoms with Gasteiger partial charge in [0.2, 0.25) is 11.8 Å². The number of primary amides is 2. The Bertz CT molecular complexity index is 842. The van der Waals surface area contributed by atoms with Gasteiger partial charge in [-0.05, 0) is 16.9 Å². The molecule has 150 valence electrons. The molecule has 0 aliphatic carbocycles. The molecule has 3 heterocycles. The van der Waals surface area contributed by atoms with Gasteiger partial charge >= 0.3 is 6.09 Å². The molecular formula is C16H18N4O6S2. The van der Waals surface area contributed by atoms with Crippen LogP contribution in [0, 0.1) is 0 Å². The summed E-state index contributed by atoms with van der Waals surface area (Å²) >= 11 is 2.57. The molecule has 4 amide bonds. The number of thioether (sulfide) groups is 1. The summed E-state index contributed by atoms with van der Waals surface area (Å²) in [7, 11) is 1.30. The van der Waals surface area contributed by atoms with Crippen LogP contribution in [-0.4, -0.2) is 59.6 Å². The van der Waals surface area contributed by atoms with E-state index < -0.39 is 35.0 Å². The van der Waals surface area contributed by atoms with Gasteiger partial charge in [-0.25, -0.2) is 4.79 Å². The number of thiophene rings is 1. The van der Waals surface area contributed by atoms with Crippen molar-refractivity contribution in [2.75, 3.05) is 13.7 Å². The van der Waals surface area contributed by atoms with Gasteiger partial charge < -0.3 is 31.2 Å². The number of nitrogens with zero attached hydrogens (tertiary/aromatic N) is 1. The van der Waals surface area contributed by atoms with Crippen molar-refractivity contribution in [1.82, 2.24) is 10.2 Å². The number of carbonyl (C=O) groups excluding carboxylic acids is 4. The van der Waals surface area contributed by atoms with Crippen LogP contribution in [-0.2, 0) is 30.3 Å². The minimum Gasteiger partial charge on any atom is -0.445 e. The lowest BCUT2D eigenvalue weighted by atomic mass is 9.94. The fourth-order valence-electron chi connectivity index (χ4n) is 3.11. The highest BCUT2D eigenvalue weighted by Crippen LogP contribution is 2.46. The van der Waals surface area contributed by atoms with E-state index in [1.165, 1.54) is 23.3 Å². The fourth-order valence-corrected chi connectivity index (χ4v) is 5.11. The maximum Gasteiger partial charge on any atom is 0.404 e. The normalized spacial score (nSPS) is 26.0. The van der Waals surface area contributed by atoms with Gasteiger partial charge in [-0.1, -0.05) is 6.07 Å². The highest BCUT2D eigenvalue weighted by Gasteiger charge is 2.67. The summed E-state index contributed by atoms with van der Waals surface area (Å²) in [5.74, 6) is -1.80. The van der Waals surface area contributed by atoms with Crippen LogP contribution in [0.3, 0.4) is 0 Å². The topological polar surface area (TPSA) is 154 Å². The number of fused-ring (bicyclic) bond motifs is 1. The number of nitrogens with two attached hydrogens (primary N) is 2. The third-order valence-corrected chi connectivity index (χ3v) is 6.47. The first kappa shape index (κ1) is 20.2. The van der Waals surface area contributed by atoms with E-state index in [9.17, 15) is 19.2 Å². The van der Waals surface area contributed by atoms with Crippen LogP contribution in [0.5, 0.6) is 0 Å². The Hall–Kier alpha value is -2.57. The van der Waals surface area contributed by atoms with Crippen molar-refractivity contribution in [3.63, 3.8) is 0 Å². The monoisotopic (exact) mass is 426 g/mol. The molecule has 1 aromatic rings. The Balaban J connectivity index is 1.79. The predicted octanol–water partition coefficient (Wildman–Crippen LogP) is -0.502. The molecule has 12 heteroatoms. The molecule has 2 aliphatic rings. The minimum atomic E-state index is -1.61. The van der Waals surface area contributed by atoms with E-state index in [2.05, 4.69) is 5.32 Å². The number of carbonyl (C=O) groups is 4. The molecule has 28 heavy (non-hydrogen) atoms. The predicted molar refractivity (Wildman–Crippen MR) is 101 cm³/mol. The zero-order valence-corrected chi connectivity index (χ0v) is 16.4. The van der Waals surface area contributed by atoms with Gasteiger partial charge in [-0.15, -0.1) is 23.1 Å². The molecule has 1 saturated heterocycles.